The minimum Gasteiger partial charge on any atom is -0.337 e. The highest BCUT2D eigenvalue weighted by molar-refractivity contribution is 9.09. The fraction of sp³-hybridized carbons (Fsp3) is 0.700. The molecule has 6 heteroatoms. The first-order valence-electron chi connectivity index (χ1n) is 5.42. The summed E-state index contributed by atoms with van der Waals surface area (Å²) in [6.07, 6.45) is 3.80. The van der Waals surface area contributed by atoms with Crippen molar-refractivity contribution in [3.63, 3.8) is 0 Å². The van der Waals surface area contributed by atoms with Crippen LogP contribution in [0.5, 0.6) is 0 Å². The van der Waals surface area contributed by atoms with Crippen LogP contribution in [0.2, 0.25) is 0 Å². The second-order valence-electron chi connectivity index (χ2n) is 4.17. The van der Waals surface area contributed by atoms with Gasteiger partial charge in [0, 0.05) is 25.5 Å². The number of piperidine rings is 1. The van der Waals surface area contributed by atoms with Crippen LogP contribution in [0.1, 0.15) is 23.3 Å². The molecule has 2 rings (SSSR count). The standard InChI is InChI=1S/C10H15BrN4O/c1-14-7-9(12-13-14)10(16)15-4-2-8(6-11)3-5-15/h7-8H,2-6H2,1H3. The van der Waals surface area contributed by atoms with E-state index in [1.807, 2.05) is 4.90 Å². The van der Waals surface area contributed by atoms with Crippen LogP contribution in [0, 0.1) is 5.92 Å². The zero-order valence-corrected chi connectivity index (χ0v) is 10.9. The van der Waals surface area contributed by atoms with Crippen molar-refractivity contribution in [2.75, 3.05) is 18.4 Å². The van der Waals surface area contributed by atoms with Crippen molar-refractivity contribution in [2.45, 2.75) is 12.8 Å². The molecule has 0 unspecified atom stereocenters. The number of alkyl halides is 1. The van der Waals surface area contributed by atoms with E-state index in [0.717, 1.165) is 31.3 Å². The minimum absolute atomic E-state index is 0.00104. The summed E-state index contributed by atoms with van der Waals surface area (Å²) < 4.78 is 1.55. The van der Waals surface area contributed by atoms with Gasteiger partial charge in [0.2, 0.25) is 0 Å². The quantitative estimate of drug-likeness (QED) is 0.764. The molecule has 1 aliphatic heterocycles. The fourth-order valence-electron chi connectivity index (χ4n) is 1.90. The van der Waals surface area contributed by atoms with E-state index in [1.54, 1.807) is 17.9 Å². The zero-order chi connectivity index (χ0) is 11.5. The number of halogens is 1. The van der Waals surface area contributed by atoms with Gasteiger partial charge in [-0.25, -0.2) is 0 Å². The number of carbonyl (C=O) groups is 1. The molecule has 0 radical (unpaired) electrons. The molecule has 0 N–H and O–H groups in total. The lowest BCUT2D eigenvalue weighted by atomic mass is 9.99. The van der Waals surface area contributed by atoms with Gasteiger partial charge in [-0.05, 0) is 18.8 Å². The molecular formula is C10H15BrN4O. The molecule has 1 aliphatic rings. The van der Waals surface area contributed by atoms with Crippen molar-refractivity contribution in [2.24, 2.45) is 13.0 Å². The van der Waals surface area contributed by atoms with Gasteiger partial charge >= 0.3 is 0 Å². The van der Waals surface area contributed by atoms with Crippen LogP contribution in [-0.4, -0.2) is 44.2 Å². The summed E-state index contributed by atoms with van der Waals surface area (Å²) in [4.78, 5) is 13.9. The Bertz CT molecular complexity index is 371. The van der Waals surface area contributed by atoms with E-state index in [0.29, 0.717) is 11.6 Å². The van der Waals surface area contributed by atoms with Crippen LogP contribution in [0.25, 0.3) is 0 Å². The summed E-state index contributed by atoms with van der Waals surface area (Å²) in [5.41, 5.74) is 0.444. The van der Waals surface area contributed by atoms with Crippen molar-refractivity contribution in [1.29, 1.82) is 0 Å². The third-order valence-electron chi connectivity index (χ3n) is 2.94. The molecule has 0 saturated carbocycles. The van der Waals surface area contributed by atoms with Crippen LogP contribution in [0.4, 0.5) is 0 Å². The van der Waals surface area contributed by atoms with Gasteiger partial charge in [-0.2, -0.15) is 0 Å². The average Bonchev–Trinajstić information content (AvgIpc) is 2.75. The maximum atomic E-state index is 12.0. The Balaban J connectivity index is 1.96. The fourth-order valence-corrected chi connectivity index (χ4v) is 2.55. The predicted octanol–water partition coefficient (Wildman–Crippen LogP) is 1.06. The Hall–Kier alpha value is -0.910. The SMILES string of the molecule is Cn1cc(C(=O)N2CCC(CBr)CC2)nn1. The van der Waals surface area contributed by atoms with Crippen molar-refractivity contribution in [3.8, 4) is 0 Å². The maximum absolute atomic E-state index is 12.0. The summed E-state index contributed by atoms with van der Waals surface area (Å²) >= 11 is 3.49. The number of hydrogen-bond acceptors (Lipinski definition) is 3. The molecule has 1 amide bonds. The molecule has 0 aromatic carbocycles. The summed E-state index contributed by atoms with van der Waals surface area (Å²) in [6.45, 7) is 1.65. The van der Waals surface area contributed by atoms with Gasteiger partial charge < -0.3 is 4.90 Å². The van der Waals surface area contributed by atoms with E-state index in [9.17, 15) is 4.79 Å². The highest BCUT2D eigenvalue weighted by Gasteiger charge is 2.24. The van der Waals surface area contributed by atoms with Gasteiger partial charge in [0.05, 0.1) is 6.20 Å². The number of nitrogens with zero attached hydrogens (tertiary/aromatic N) is 4. The summed E-state index contributed by atoms with van der Waals surface area (Å²) in [5, 5.41) is 8.65. The first-order valence-corrected chi connectivity index (χ1v) is 6.54. The molecule has 16 heavy (non-hydrogen) atoms. The Kier molecular flexibility index (Phi) is 3.58. The second-order valence-corrected chi connectivity index (χ2v) is 4.81. The smallest absolute Gasteiger partial charge is 0.276 e. The van der Waals surface area contributed by atoms with Crippen molar-refractivity contribution in [1.82, 2.24) is 19.9 Å². The number of rotatable bonds is 2. The number of amides is 1. The Morgan fingerprint density at radius 1 is 1.56 bits per heavy atom. The Morgan fingerprint density at radius 3 is 2.75 bits per heavy atom. The van der Waals surface area contributed by atoms with Crippen molar-refractivity contribution < 1.29 is 4.79 Å². The van der Waals surface area contributed by atoms with Gasteiger partial charge in [-0.3, -0.25) is 9.48 Å². The molecule has 0 atom stereocenters. The summed E-state index contributed by atoms with van der Waals surface area (Å²) in [6, 6.07) is 0. The third kappa shape index (κ3) is 2.42. The molecule has 0 bridgehead atoms. The van der Waals surface area contributed by atoms with E-state index >= 15 is 0 Å². The Morgan fingerprint density at radius 2 is 2.25 bits per heavy atom. The van der Waals surface area contributed by atoms with E-state index in [2.05, 4.69) is 26.2 Å². The van der Waals surface area contributed by atoms with E-state index in [-0.39, 0.29) is 5.91 Å². The molecule has 1 aromatic heterocycles. The molecule has 1 saturated heterocycles. The van der Waals surface area contributed by atoms with E-state index < -0.39 is 0 Å². The van der Waals surface area contributed by atoms with Crippen LogP contribution >= 0.6 is 15.9 Å². The first-order chi connectivity index (χ1) is 7.70. The maximum Gasteiger partial charge on any atom is 0.276 e. The number of aromatic nitrogens is 3. The lowest BCUT2D eigenvalue weighted by Gasteiger charge is -2.30. The molecular weight excluding hydrogens is 272 g/mol. The number of likely N-dealkylation sites (tertiary alicyclic amines) is 1. The number of carbonyl (C=O) groups excluding carboxylic acids is 1. The summed E-state index contributed by atoms with van der Waals surface area (Å²) in [5.74, 6) is 0.701. The highest BCUT2D eigenvalue weighted by Crippen LogP contribution is 2.19. The van der Waals surface area contributed by atoms with Gasteiger partial charge in [-0.1, -0.05) is 21.1 Å². The molecule has 5 nitrogen and oxygen atoms in total. The van der Waals surface area contributed by atoms with E-state index in [4.69, 9.17) is 0 Å². The van der Waals surface area contributed by atoms with Crippen LogP contribution in [0.3, 0.4) is 0 Å². The van der Waals surface area contributed by atoms with Crippen LogP contribution in [0.15, 0.2) is 6.20 Å². The van der Waals surface area contributed by atoms with Crippen LogP contribution < -0.4 is 0 Å². The molecule has 2 heterocycles. The molecule has 0 spiro atoms. The zero-order valence-electron chi connectivity index (χ0n) is 9.27. The number of hydrogen-bond donors (Lipinski definition) is 0. The molecule has 1 aromatic rings. The topological polar surface area (TPSA) is 51.0 Å². The second kappa shape index (κ2) is 4.95. The van der Waals surface area contributed by atoms with Crippen molar-refractivity contribution >= 4 is 21.8 Å². The van der Waals surface area contributed by atoms with Crippen LogP contribution in [-0.2, 0) is 7.05 Å². The molecule has 0 aliphatic carbocycles. The van der Waals surface area contributed by atoms with Crippen molar-refractivity contribution in [3.05, 3.63) is 11.9 Å². The number of aryl methyl sites for hydroxylation is 1. The normalized spacial score (nSPS) is 17.8. The minimum atomic E-state index is 0.00104. The van der Waals surface area contributed by atoms with Gasteiger partial charge in [-0.15, -0.1) is 5.10 Å². The lowest BCUT2D eigenvalue weighted by molar-refractivity contribution is 0.0693. The monoisotopic (exact) mass is 286 g/mol. The van der Waals surface area contributed by atoms with E-state index in [1.165, 1.54) is 0 Å². The van der Waals surface area contributed by atoms with Gasteiger partial charge in [0.15, 0.2) is 5.69 Å². The highest BCUT2D eigenvalue weighted by atomic mass is 79.9. The summed E-state index contributed by atoms with van der Waals surface area (Å²) in [7, 11) is 1.76. The van der Waals surface area contributed by atoms with Gasteiger partial charge in [0.25, 0.3) is 5.91 Å². The Labute approximate surface area is 103 Å². The average molecular weight is 287 g/mol. The third-order valence-corrected chi connectivity index (χ3v) is 3.86. The van der Waals surface area contributed by atoms with Gasteiger partial charge in [0.1, 0.15) is 0 Å². The first kappa shape index (κ1) is 11.6. The largest absolute Gasteiger partial charge is 0.337 e. The molecule has 88 valence electrons. The lowest BCUT2D eigenvalue weighted by Crippen LogP contribution is -2.39. The molecule has 1 fully saturated rings. The predicted molar refractivity (Wildman–Crippen MR) is 63.4 cm³/mol.